The van der Waals surface area contributed by atoms with Gasteiger partial charge in [-0.2, -0.15) is 8.42 Å². The van der Waals surface area contributed by atoms with E-state index in [9.17, 15) is 0 Å². The fraction of sp³-hybridized carbons (Fsp3) is 0. The van der Waals surface area contributed by atoms with Crippen molar-refractivity contribution in [3.63, 3.8) is 0 Å². The molecule has 0 saturated heterocycles. The molecule has 4 nitrogen and oxygen atoms in total. The van der Waals surface area contributed by atoms with Crippen LogP contribution in [0.3, 0.4) is 0 Å². The Labute approximate surface area is 56.1 Å². The third kappa shape index (κ3) is 107. The predicted octanol–water partition coefficient (Wildman–Crippen LogP) is -1.25. The summed E-state index contributed by atoms with van der Waals surface area (Å²) in [7, 11) is -4.17. The van der Waals surface area contributed by atoms with Crippen LogP contribution >= 0.6 is 0 Å². The van der Waals surface area contributed by atoms with Crippen molar-refractivity contribution in [2.45, 2.75) is 0 Å². The largest absolute Gasteiger partial charge is 0.330 e. The number of hydrogen-bond donors (Lipinski definition) is 2. The molecule has 34 valence electrons. The van der Waals surface area contributed by atoms with Crippen molar-refractivity contribution < 1.29 is 40.6 Å². The maximum atomic E-state index is 8.97. The summed E-state index contributed by atoms with van der Waals surface area (Å²) in [5.41, 5.74) is 0. The molecule has 0 aliphatic carbocycles. The van der Waals surface area contributed by atoms with E-state index < -0.39 is 10.3 Å². The Kier molecular flexibility index (Phi) is 4.79. The van der Waals surface area contributed by atoms with Gasteiger partial charge in [0.1, 0.15) is 0 Å². The minimum absolute atomic E-state index is 0. The molecule has 0 aliphatic heterocycles. The van der Waals surface area contributed by atoms with Crippen LogP contribution in [0.4, 0.5) is 0 Å². The Hall–Kier alpha value is 0.805. The summed E-state index contributed by atoms with van der Waals surface area (Å²) in [5.74, 6) is 0. The van der Waals surface area contributed by atoms with Crippen LogP contribution in [0.25, 0.3) is 0 Å². The first-order valence-electron chi connectivity index (χ1n) is 0.752. The molecule has 0 aromatic heterocycles. The molecule has 0 aromatic carbocycles. The molecule has 6 heteroatoms. The van der Waals surface area contributed by atoms with Gasteiger partial charge in [-0.25, -0.2) is 5.14 Å². The summed E-state index contributed by atoms with van der Waals surface area (Å²) >= 11 is 0. The minimum Gasteiger partial charge on any atom is -0.274 e. The molecule has 0 rings (SSSR count). The van der Waals surface area contributed by atoms with Gasteiger partial charge in [-0.15, -0.1) is 0 Å². The second-order valence-corrected chi connectivity index (χ2v) is 1.54. The van der Waals surface area contributed by atoms with Crippen molar-refractivity contribution in [2.24, 2.45) is 5.14 Å². The van der Waals surface area contributed by atoms with E-state index in [-0.39, 0.29) is 27.7 Å². The van der Waals surface area contributed by atoms with E-state index in [1.54, 1.807) is 0 Å². The van der Waals surface area contributed by atoms with Gasteiger partial charge in [0.25, 0.3) is 0 Å². The summed E-state index contributed by atoms with van der Waals surface area (Å²) in [5, 5.41) is 3.88. The molecule has 0 atom stereocenters. The molecular formula is H3HgNO3S. The van der Waals surface area contributed by atoms with Crippen molar-refractivity contribution >= 4 is 10.3 Å². The molecule has 0 fully saturated rings. The van der Waals surface area contributed by atoms with E-state index in [0.717, 1.165) is 0 Å². The smallest absolute Gasteiger partial charge is 0.274 e. The quantitative estimate of drug-likeness (QED) is 0.433. The average Bonchev–Trinajstić information content (AvgIpc) is 0.722. The Morgan fingerprint density at radius 2 is 1.50 bits per heavy atom. The zero-order valence-electron chi connectivity index (χ0n) is 2.96. The SMILES string of the molecule is NS(=O)(=O)O.[Hg]. The fourth-order valence-corrected chi connectivity index (χ4v) is 0. The van der Waals surface area contributed by atoms with Gasteiger partial charge in [0.15, 0.2) is 0 Å². The summed E-state index contributed by atoms with van der Waals surface area (Å²) in [4.78, 5) is 0. The third-order valence-corrected chi connectivity index (χ3v) is 0. The summed E-state index contributed by atoms with van der Waals surface area (Å²) < 4.78 is 25.2. The maximum absolute atomic E-state index is 8.97. The van der Waals surface area contributed by atoms with Crippen molar-refractivity contribution in [2.75, 3.05) is 0 Å². The summed E-state index contributed by atoms with van der Waals surface area (Å²) in [6, 6.07) is 0. The van der Waals surface area contributed by atoms with Gasteiger partial charge in [-0.3, -0.25) is 4.55 Å². The van der Waals surface area contributed by atoms with Crippen LogP contribution in [0.5, 0.6) is 0 Å². The van der Waals surface area contributed by atoms with E-state index in [1.807, 2.05) is 0 Å². The second-order valence-electron chi connectivity index (χ2n) is 0.515. The molecule has 0 radical (unpaired) electrons. The standard InChI is InChI=1S/Hg.H3NO3S/c;1-5(2,3)4/h;(H3,1,2,3,4). The number of nitrogens with two attached hydrogens (primary N) is 1. The molecule has 0 saturated carbocycles. The monoisotopic (exact) mass is 299 g/mol. The van der Waals surface area contributed by atoms with Gasteiger partial charge >= 0.3 is 10.3 Å². The maximum Gasteiger partial charge on any atom is 0.330 e. The second kappa shape index (κ2) is 2.89. The van der Waals surface area contributed by atoms with Crippen LogP contribution in [0.2, 0.25) is 0 Å². The van der Waals surface area contributed by atoms with Crippen molar-refractivity contribution in [1.82, 2.24) is 0 Å². The predicted molar refractivity (Wildman–Crippen MR) is 15.7 cm³/mol. The molecule has 0 bridgehead atoms. The van der Waals surface area contributed by atoms with Crippen LogP contribution in [-0.2, 0) is 38.0 Å². The first kappa shape index (κ1) is 9.93. The molecule has 0 spiro atoms. The van der Waals surface area contributed by atoms with Crippen LogP contribution in [0.15, 0.2) is 0 Å². The Balaban J connectivity index is 0. The Bertz CT molecular complexity index is 94.0. The van der Waals surface area contributed by atoms with Gasteiger partial charge < -0.3 is 0 Å². The van der Waals surface area contributed by atoms with E-state index >= 15 is 0 Å². The van der Waals surface area contributed by atoms with Gasteiger partial charge in [0, 0.05) is 27.7 Å². The van der Waals surface area contributed by atoms with Crippen LogP contribution < -0.4 is 5.14 Å². The van der Waals surface area contributed by atoms with Gasteiger partial charge in [0.2, 0.25) is 0 Å². The van der Waals surface area contributed by atoms with Crippen LogP contribution in [0, 0.1) is 0 Å². The Morgan fingerprint density at radius 1 is 1.50 bits per heavy atom. The molecule has 6 heavy (non-hydrogen) atoms. The van der Waals surface area contributed by atoms with Gasteiger partial charge in [-0.1, -0.05) is 0 Å². The minimum atomic E-state index is -4.17. The Morgan fingerprint density at radius 3 is 1.50 bits per heavy atom. The fourth-order valence-electron chi connectivity index (χ4n) is 0. The summed E-state index contributed by atoms with van der Waals surface area (Å²) in [6.07, 6.45) is 0. The molecule has 0 unspecified atom stereocenters. The number of rotatable bonds is 0. The van der Waals surface area contributed by atoms with Gasteiger partial charge in [0.05, 0.1) is 0 Å². The van der Waals surface area contributed by atoms with Crippen molar-refractivity contribution in [3.05, 3.63) is 0 Å². The van der Waals surface area contributed by atoms with E-state index in [0.29, 0.717) is 0 Å². The molecule has 0 heterocycles. The van der Waals surface area contributed by atoms with Crippen molar-refractivity contribution in [3.8, 4) is 0 Å². The first-order valence-corrected chi connectivity index (χ1v) is 2.25. The summed E-state index contributed by atoms with van der Waals surface area (Å²) in [6.45, 7) is 0. The average molecular weight is 298 g/mol. The van der Waals surface area contributed by atoms with Crippen molar-refractivity contribution in [1.29, 1.82) is 0 Å². The molecule has 0 amide bonds. The topological polar surface area (TPSA) is 80.4 Å². The normalized spacial score (nSPS) is 9.67. The zero-order chi connectivity index (χ0) is 4.50. The first-order chi connectivity index (χ1) is 2.00. The van der Waals surface area contributed by atoms with E-state index in [1.165, 1.54) is 0 Å². The van der Waals surface area contributed by atoms with E-state index in [4.69, 9.17) is 13.0 Å². The van der Waals surface area contributed by atoms with E-state index in [2.05, 4.69) is 5.14 Å². The van der Waals surface area contributed by atoms with Crippen LogP contribution in [-0.4, -0.2) is 13.0 Å². The number of hydrogen-bond acceptors (Lipinski definition) is 2. The van der Waals surface area contributed by atoms with Crippen LogP contribution in [0.1, 0.15) is 0 Å². The zero-order valence-corrected chi connectivity index (χ0v) is 9.27. The van der Waals surface area contributed by atoms with Gasteiger partial charge in [-0.05, 0) is 0 Å². The molecular weight excluding hydrogens is 295 g/mol. The molecule has 0 aromatic rings. The molecule has 3 N–H and O–H groups in total. The molecule has 0 aliphatic rings. The third-order valence-electron chi connectivity index (χ3n) is 0.